The van der Waals surface area contributed by atoms with Gasteiger partial charge in [0.15, 0.2) is 6.10 Å². The van der Waals surface area contributed by atoms with Gasteiger partial charge in [-0.25, -0.2) is 0 Å². The van der Waals surface area contributed by atoms with E-state index in [1.165, 1.54) is 109 Å². The van der Waals surface area contributed by atoms with Crippen LogP contribution in [0.15, 0.2) is 85.1 Å². The normalized spacial score (nSPS) is 12.7. The van der Waals surface area contributed by atoms with Crippen molar-refractivity contribution in [1.29, 1.82) is 0 Å². The Balaban J connectivity index is 4.47. The van der Waals surface area contributed by atoms with Crippen molar-refractivity contribution in [3.05, 3.63) is 85.1 Å². The monoisotopic (exact) mass is 919 g/mol. The van der Waals surface area contributed by atoms with Gasteiger partial charge in [-0.05, 0) is 83.5 Å². The Bertz CT molecular complexity index is 1290. The Morgan fingerprint density at radius 1 is 0.318 bits per heavy atom. The minimum absolute atomic E-state index is 0.100. The Morgan fingerprint density at radius 2 is 0.621 bits per heavy atom. The molecule has 0 aromatic rings. The van der Waals surface area contributed by atoms with Crippen LogP contribution >= 0.6 is 0 Å². The van der Waals surface area contributed by atoms with Crippen LogP contribution < -0.4 is 0 Å². The van der Waals surface area contributed by atoms with E-state index in [4.69, 9.17) is 14.2 Å². The second kappa shape index (κ2) is 54.2. The third kappa shape index (κ3) is 51.6. The number of carbonyl (C=O) groups is 3. The molecule has 0 saturated heterocycles. The topological polar surface area (TPSA) is 78.9 Å². The Morgan fingerprint density at radius 3 is 1.03 bits per heavy atom. The molecule has 0 heterocycles. The lowest BCUT2D eigenvalue weighted by Gasteiger charge is -2.18. The van der Waals surface area contributed by atoms with E-state index < -0.39 is 6.10 Å². The van der Waals surface area contributed by atoms with E-state index in [-0.39, 0.29) is 37.5 Å². The van der Waals surface area contributed by atoms with E-state index in [2.05, 4.69) is 106 Å². The molecule has 0 amide bonds. The molecule has 0 fully saturated rings. The van der Waals surface area contributed by atoms with Crippen molar-refractivity contribution >= 4 is 17.9 Å². The van der Waals surface area contributed by atoms with Crippen LogP contribution in [0.1, 0.15) is 258 Å². The Kier molecular flexibility index (Phi) is 51.4. The van der Waals surface area contributed by atoms with Crippen molar-refractivity contribution in [3.63, 3.8) is 0 Å². The van der Waals surface area contributed by atoms with Crippen LogP contribution in [0, 0.1) is 0 Å². The van der Waals surface area contributed by atoms with Gasteiger partial charge in [-0.15, -0.1) is 0 Å². The van der Waals surface area contributed by atoms with Crippen molar-refractivity contribution in [1.82, 2.24) is 0 Å². The molecule has 378 valence electrons. The van der Waals surface area contributed by atoms with Gasteiger partial charge in [-0.2, -0.15) is 0 Å². The highest BCUT2D eigenvalue weighted by atomic mass is 16.6. The predicted molar refractivity (Wildman–Crippen MR) is 284 cm³/mol. The highest BCUT2D eigenvalue weighted by molar-refractivity contribution is 5.71. The summed E-state index contributed by atoms with van der Waals surface area (Å²) < 4.78 is 16.8. The molecule has 0 aliphatic carbocycles. The molecular formula is C60H102O6. The summed E-state index contributed by atoms with van der Waals surface area (Å²) in [6.07, 6.45) is 70.0. The molecule has 0 rings (SSSR count). The molecule has 0 aliphatic heterocycles. The average Bonchev–Trinajstić information content (AvgIpc) is 3.31. The minimum atomic E-state index is -0.804. The zero-order chi connectivity index (χ0) is 47.9. The number of unbranched alkanes of at least 4 members (excludes halogenated alkanes) is 24. The summed E-state index contributed by atoms with van der Waals surface area (Å²) in [5.41, 5.74) is 0. The summed E-state index contributed by atoms with van der Waals surface area (Å²) in [4.78, 5) is 38.1. The fraction of sp³-hybridized carbons (Fsp3) is 0.717. The number of carbonyl (C=O) groups excluding carboxylic acids is 3. The number of allylic oxidation sites excluding steroid dienone is 14. The second-order valence-electron chi connectivity index (χ2n) is 18.1. The first-order valence-electron chi connectivity index (χ1n) is 27.6. The molecule has 0 N–H and O–H groups in total. The Hall–Kier alpha value is -3.41. The standard InChI is InChI=1S/C60H102O6/c1-4-7-10-13-16-19-22-25-28-30-32-35-38-41-44-47-50-53-59(62)65-56-57(55-64-58(61)52-49-46-43-40-37-34-27-24-21-18-15-12-9-6-3)66-60(63)54-51-48-45-42-39-36-33-31-29-26-23-20-17-14-11-8-5-2/h7,10,15-16,18-19,24-25,27-28,32,35,41,44,57H,4-6,8-9,11-14,17,20-23,26,29-31,33-34,36-40,42-43,45-56H2,1-3H3/b10-7+,18-15+,19-16+,27-24+,28-25+,35-32+,44-41+/t57-/m1/s1. The number of rotatable bonds is 49. The van der Waals surface area contributed by atoms with E-state index in [1.807, 2.05) is 0 Å². The molecule has 0 bridgehead atoms. The molecule has 0 spiro atoms. The van der Waals surface area contributed by atoms with Crippen molar-refractivity contribution in [2.24, 2.45) is 0 Å². The zero-order valence-electron chi connectivity index (χ0n) is 43.2. The number of hydrogen-bond donors (Lipinski definition) is 0. The van der Waals surface area contributed by atoms with E-state index in [1.54, 1.807) is 0 Å². The summed E-state index contributed by atoms with van der Waals surface area (Å²) in [6.45, 7) is 6.44. The lowest BCUT2D eigenvalue weighted by Crippen LogP contribution is -2.30. The molecule has 0 aromatic carbocycles. The minimum Gasteiger partial charge on any atom is -0.462 e. The number of hydrogen-bond acceptors (Lipinski definition) is 6. The molecule has 66 heavy (non-hydrogen) atoms. The molecule has 0 saturated carbocycles. The molecule has 6 nitrogen and oxygen atoms in total. The van der Waals surface area contributed by atoms with Crippen LogP contribution in [0.25, 0.3) is 0 Å². The lowest BCUT2D eigenvalue weighted by molar-refractivity contribution is -0.167. The first-order valence-corrected chi connectivity index (χ1v) is 27.6. The quantitative estimate of drug-likeness (QED) is 0.0262. The molecule has 1 atom stereocenters. The number of ether oxygens (including phenoxy) is 3. The zero-order valence-corrected chi connectivity index (χ0v) is 43.2. The average molecular weight is 919 g/mol. The summed E-state index contributed by atoms with van der Waals surface area (Å²) in [6, 6.07) is 0. The highest BCUT2D eigenvalue weighted by Gasteiger charge is 2.19. The molecular weight excluding hydrogens is 817 g/mol. The largest absolute Gasteiger partial charge is 0.462 e. The summed E-state index contributed by atoms with van der Waals surface area (Å²) >= 11 is 0. The van der Waals surface area contributed by atoms with Gasteiger partial charge in [-0.3, -0.25) is 14.4 Å². The van der Waals surface area contributed by atoms with Gasteiger partial charge in [0, 0.05) is 19.3 Å². The van der Waals surface area contributed by atoms with Crippen molar-refractivity contribution in [2.45, 2.75) is 264 Å². The molecule has 0 aliphatic rings. The van der Waals surface area contributed by atoms with E-state index in [0.717, 1.165) is 103 Å². The van der Waals surface area contributed by atoms with E-state index in [0.29, 0.717) is 19.3 Å². The first-order chi connectivity index (χ1) is 32.5. The van der Waals surface area contributed by atoms with Crippen LogP contribution in [-0.2, 0) is 28.6 Å². The van der Waals surface area contributed by atoms with Crippen LogP contribution in [0.2, 0.25) is 0 Å². The maximum Gasteiger partial charge on any atom is 0.306 e. The maximum absolute atomic E-state index is 12.8. The van der Waals surface area contributed by atoms with Crippen molar-refractivity contribution < 1.29 is 28.6 Å². The van der Waals surface area contributed by atoms with Gasteiger partial charge in [-0.1, -0.05) is 241 Å². The molecule has 0 aromatic heterocycles. The van der Waals surface area contributed by atoms with Gasteiger partial charge in [0.1, 0.15) is 13.2 Å². The lowest BCUT2D eigenvalue weighted by atomic mass is 10.0. The van der Waals surface area contributed by atoms with Crippen LogP contribution in [-0.4, -0.2) is 37.2 Å². The third-order valence-electron chi connectivity index (χ3n) is 11.6. The van der Waals surface area contributed by atoms with Gasteiger partial charge in [0.05, 0.1) is 0 Å². The maximum atomic E-state index is 12.8. The number of esters is 3. The third-order valence-corrected chi connectivity index (χ3v) is 11.6. The predicted octanol–water partition coefficient (Wildman–Crippen LogP) is 18.4. The van der Waals surface area contributed by atoms with Gasteiger partial charge < -0.3 is 14.2 Å². The molecule has 0 radical (unpaired) electrons. The molecule has 6 heteroatoms. The van der Waals surface area contributed by atoms with Crippen LogP contribution in [0.4, 0.5) is 0 Å². The fourth-order valence-electron chi connectivity index (χ4n) is 7.49. The van der Waals surface area contributed by atoms with Crippen molar-refractivity contribution in [2.75, 3.05) is 13.2 Å². The molecule has 0 unspecified atom stereocenters. The van der Waals surface area contributed by atoms with E-state index in [9.17, 15) is 14.4 Å². The van der Waals surface area contributed by atoms with Crippen LogP contribution in [0.3, 0.4) is 0 Å². The second-order valence-corrected chi connectivity index (χ2v) is 18.1. The highest BCUT2D eigenvalue weighted by Crippen LogP contribution is 2.15. The van der Waals surface area contributed by atoms with Gasteiger partial charge in [0.2, 0.25) is 0 Å². The summed E-state index contributed by atoms with van der Waals surface area (Å²) in [7, 11) is 0. The van der Waals surface area contributed by atoms with Crippen LogP contribution in [0.5, 0.6) is 0 Å². The summed E-state index contributed by atoms with van der Waals surface area (Å²) in [5.74, 6) is -0.968. The van der Waals surface area contributed by atoms with Gasteiger partial charge in [0.25, 0.3) is 0 Å². The van der Waals surface area contributed by atoms with Crippen molar-refractivity contribution in [3.8, 4) is 0 Å². The van der Waals surface area contributed by atoms with Gasteiger partial charge >= 0.3 is 17.9 Å². The smallest absolute Gasteiger partial charge is 0.306 e. The van der Waals surface area contributed by atoms with E-state index >= 15 is 0 Å². The Labute approximate surface area is 407 Å². The SMILES string of the molecule is CC/C=C/C/C=C/C/C=C/C/C=C/C/C=C/CCCC(=O)OC[C@@H](COC(=O)CCCCCCC/C=C/C/C=C/CCCC)OC(=O)CCCCCCCCCCCCCCCCCCC. The first kappa shape index (κ1) is 62.6. The summed E-state index contributed by atoms with van der Waals surface area (Å²) in [5, 5.41) is 0. The fourth-order valence-corrected chi connectivity index (χ4v) is 7.49.